The summed E-state index contributed by atoms with van der Waals surface area (Å²) in [5.74, 6) is -0.952. The number of hydrogen-bond donors (Lipinski definition) is 0. The first kappa shape index (κ1) is 21.3. The molecule has 0 bridgehead atoms. The third kappa shape index (κ3) is 5.71. The number of benzene rings is 1. The lowest BCUT2D eigenvalue weighted by Gasteiger charge is -2.41. The summed E-state index contributed by atoms with van der Waals surface area (Å²) in [7, 11) is 0. The van der Waals surface area contributed by atoms with Crippen molar-refractivity contribution in [2.75, 3.05) is 19.7 Å². The van der Waals surface area contributed by atoms with Crippen LogP contribution in [0.3, 0.4) is 0 Å². The summed E-state index contributed by atoms with van der Waals surface area (Å²) in [6.45, 7) is 4.34. The van der Waals surface area contributed by atoms with Crippen LogP contribution in [0, 0.1) is 12.3 Å². The van der Waals surface area contributed by atoms with Crippen molar-refractivity contribution in [3.05, 3.63) is 35.4 Å². The summed E-state index contributed by atoms with van der Waals surface area (Å²) in [5, 5.41) is 0. The minimum absolute atomic E-state index is 0.0941. The maximum atomic E-state index is 12.8. The molecule has 0 radical (unpaired) electrons. The molecule has 1 atom stereocenters. The molecule has 1 heterocycles. The molecule has 0 unspecified atom stereocenters. The van der Waals surface area contributed by atoms with Gasteiger partial charge in [0.05, 0.1) is 18.4 Å². The molecule has 1 aliphatic rings. The van der Waals surface area contributed by atoms with Crippen LogP contribution in [-0.4, -0.2) is 42.6 Å². The van der Waals surface area contributed by atoms with Gasteiger partial charge in [0.2, 0.25) is 5.91 Å². The van der Waals surface area contributed by atoms with Gasteiger partial charge >= 0.3 is 12.1 Å². The quantitative estimate of drug-likeness (QED) is 0.694. The van der Waals surface area contributed by atoms with Crippen molar-refractivity contribution in [1.29, 1.82) is 0 Å². The molecule has 2 rings (SSSR count). The topological polar surface area (TPSA) is 46.6 Å². The van der Waals surface area contributed by atoms with Crippen LogP contribution in [0.25, 0.3) is 0 Å². The number of carbonyl (C=O) groups excluding carboxylic acids is 2. The van der Waals surface area contributed by atoms with E-state index in [1.165, 1.54) is 4.90 Å². The molecule has 0 saturated carbocycles. The zero-order chi connectivity index (χ0) is 20.1. The van der Waals surface area contributed by atoms with Gasteiger partial charge in [0, 0.05) is 19.5 Å². The van der Waals surface area contributed by atoms with Crippen molar-refractivity contribution in [3.63, 3.8) is 0 Å². The number of aryl methyl sites for hydroxylation is 1. The van der Waals surface area contributed by atoms with Crippen LogP contribution in [0.1, 0.15) is 43.7 Å². The van der Waals surface area contributed by atoms with E-state index in [2.05, 4.69) is 0 Å². The molecular formula is C20H26F3NO3. The maximum absolute atomic E-state index is 12.8. The standard InChI is InChI=1S/C20H26F3NO3/c1-3-27-18(26)19(13-16-8-5-4-7-15(16)2)10-6-12-24(14-19)17(25)9-11-20(21,22)23/h4-5,7-8H,3,6,9-14H2,1-2H3/t19-/m0/s1. The van der Waals surface area contributed by atoms with E-state index < -0.39 is 30.3 Å². The number of piperidine rings is 1. The van der Waals surface area contributed by atoms with Crippen LogP contribution in [0.2, 0.25) is 0 Å². The first-order valence-corrected chi connectivity index (χ1v) is 9.23. The molecule has 7 heteroatoms. The van der Waals surface area contributed by atoms with E-state index in [1.54, 1.807) is 6.92 Å². The van der Waals surface area contributed by atoms with E-state index in [-0.39, 0.29) is 19.1 Å². The second-order valence-electron chi connectivity index (χ2n) is 7.14. The van der Waals surface area contributed by atoms with E-state index in [9.17, 15) is 22.8 Å². The van der Waals surface area contributed by atoms with Crippen LogP contribution < -0.4 is 0 Å². The number of ether oxygens (including phenoxy) is 1. The number of amides is 1. The van der Waals surface area contributed by atoms with E-state index in [0.29, 0.717) is 25.8 Å². The number of esters is 1. The van der Waals surface area contributed by atoms with Gasteiger partial charge in [-0.25, -0.2) is 0 Å². The zero-order valence-corrected chi connectivity index (χ0v) is 15.8. The molecule has 0 N–H and O–H groups in total. The van der Waals surface area contributed by atoms with Gasteiger partial charge in [-0.3, -0.25) is 9.59 Å². The normalized spacial score (nSPS) is 20.4. The van der Waals surface area contributed by atoms with Gasteiger partial charge in [-0.1, -0.05) is 24.3 Å². The number of likely N-dealkylation sites (tertiary alicyclic amines) is 1. The van der Waals surface area contributed by atoms with Crippen molar-refractivity contribution in [1.82, 2.24) is 4.90 Å². The molecule has 1 fully saturated rings. The Morgan fingerprint density at radius 2 is 1.96 bits per heavy atom. The Hall–Kier alpha value is -2.05. The van der Waals surface area contributed by atoms with E-state index in [0.717, 1.165) is 11.1 Å². The fourth-order valence-electron chi connectivity index (χ4n) is 3.59. The van der Waals surface area contributed by atoms with Gasteiger partial charge in [-0.2, -0.15) is 13.2 Å². The number of rotatable bonds is 6. The highest BCUT2D eigenvalue weighted by molar-refractivity contribution is 5.81. The van der Waals surface area contributed by atoms with Crippen molar-refractivity contribution in [2.24, 2.45) is 5.41 Å². The summed E-state index contributed by atoms with van der Waals surface area (Å²) >= 11 is 0. The van der Waals surface area contributed by atoms with Gasteiger partial charge in [-0.05, 0) is 44.2 Å². The molecule has 1 aliphatic heterocycles. The molecule has 0 aliphatic carbocycles. The number of alkyl halides is 3. The van der Waals surface area contributed by atoms with Crippen LogP contribution in [0.4, 0.5) is 13.2 Å². The second kappa shape index (κ2) is 8.76. The lowest BCUT2D eigenvalue weighted by molar-refractivity contribution is -0.163. The lowest BCUT2D eigenvalue weighted by atomic mass is 9.74. The summed E-state index contributed by atoms with van der Waals surface area (Å²) in [5.41, 5.74) is 1.09. The average molecular weight is 385 g/mol. The summed E-state index contributed by atoms with van der Waals surface area (Å²) in [6, 6.07) is 7.67. The predicted molar refractivity (Wildman–Crippen MR) is 95.1 cm³/mol. The molecule has 1 aromatic rings. The van der Waals surface area contributed by atoms with Crippen LogP contribution in [0.15, 0.2) is 24.3 Å². The Morgan fingerprint density at radius 3 is 2.59 bits per heavy atom. The van der Waals surface area contributed by atoms with Crippen LogP contribution >= 0.6 is 0 Å². The smallest absolute Gasteiger partial charge is 0.389 e. The van der Waals surface area contributed by atoms with Gasteiger partial charge in [-0.15, -0.1) is 0 Å². The molecule has 1 aromatic carbocycles. The fourth-order valence-corrected chi connectivity index (χ4v) is 3.59. The molecule has 150 valence electrons. The molecule has 0 spiro atoms. The third-order valence-electron chi connectivity index (χ3n) is 5.05. The van der Waals surface area contributed by atoms with Gasteiger partial charge < -0.3 is 9.64 Å². The van der Waals surface area contributed by atoms with Crippen LogP contribution in [0.5, 0.6) is 0 Å². The molecular weight excluding hydrogens is 359 g/mol. The Bertz CT molecular complexity index is 675. The predicted octanol–water partition coefficient (Wildman–Crippen LogP) is 4.05. The second-order valence-corrected chi connectivity index (χ2v) is 7.14. The first-order chi connectivity index (χ1) is 12.7. The van der Waals surface area contributed by atoms with Gasteiger partial charge in [0.15, 0.2) is 0 Å². The van der Waals surface area contributed by atoms with Crippen LogP contribution in [-0.2, 0) is 20.7 Å². The minimum Gasteiger partial charge on any atom is -0.466 e. The van der Waals surface area contributed by atoms with Crippen molar-refractivity contribution >= 4 is 11.9 Å². The monoisotopic (exact) mass is 385 g/mol. The van der Waals surface area contributed by atoms with E-state index in [4.69, 9.17) is 4.74 Å². The Morgan fingerprint density at radius 1 is 1.26 bits per heavy atom. The highest BCUT2D eigenvalue weighted by Gasteiger charge is 2.45. The summed E-state index contributed by atoms with van der Waals surface area (Å²) in [4.78, 5) is 26.5. The van der Waals surface area contributed by atoms with Gasteiger partial charge in [0.1, 0.15) is 0 Å². The Balaban J connectivity index is 2.21. The average Bonchev–Trinajstić information content (AvgIpc) is 2.61. The number of nitrogens with zero attached hydrogens (tertiary/aromatic N) is 1. The van der Waals surface area contributed by atoms with Crippen molar-refractivity contribution in [3.8, 4) is 0 Å². The number of halogens is 3. The van der Waals surface area contributed by atoms with Crippen molar-refractivity contribution < 1.29 is 27.5 Å². The summed E-state index contributed by atoms with van der Waals surface area (Å²) in [6.07, 6.45) is -4.60. The Labute approximate surface area is 157 Å². The maximum Gasteiger partial charge on any atom is 0.389 e. The van der Waals surface area contributed by atoms with E-state index in [1.807, 2.05) is 31.2 Å². The molecule has 1 saturated heterocycles. The fraction of sp³-hybridized carbons (Fsp3) is 0.600. The summed E-state index contributed by atoms with van der Waals surface area (Å²) < 4.78 is 42.6. The lowest BCUT2D eigenvalue weighted by Crippen LogP contribution is -2.51. The number of carbonyl (C=O) groups is 2. The minimum atomic E-state index is -4.37. The highest BCUT2D eigenvalue weighted by atomic mass is 19.4. The van der Waals surface area contributed by atoms with Gasteiger partial charge in [0.25, 0.3) is 0 Å². The Kier molecular flexibility index (Phi) is 6.89. The molecule has 27 heavy (non-hydrogen) atoms. The highest BCUT2D eigenvalue weighted by Crippen LogP contribution is 2.36. The zero-order valence-electron chi connectivity index (χ0n) is 15.8. The number of hydrogen-bond acceptors (Lipinski definition) is 3. The first-order valence-electron chi connectivity index (χ1n) is 9.23. The molecule has 1 amide bonds. The van der Waals surface area contributed by atoms with E-state index >= 15 is 0 Å². The SMILES string of the molecule is CCOC(=O)[C@]1(Cc2ccccc2C)CCCN(C(=O)CCC(F)(F)F)C1. The third-order valence-corrected chi connectivity index (χ3v) is 5.05. The molecule has 0 aromatic heterocycles. The molecule has 4 nitrogen and oxygen atoms in total. The van der Waals surface area contributed by atoms with Crippen molar-refractivity contribution in [2.45, 2.75) is 52.1 Å². The largest absolute Gasteiger partial charge is 0.466 e.